The lowest BCUT2D eigenvalue weighted by molar-refractivity contribution is 0.422. The highest BCUT2D eigenvalue weighted by Gasteiger charge is 2.38. The predicted octanol–water partition coefficient (Wildman–Crippen LogP) is 2.54. The zero-order valence-corrected chi connectivity index (χ0v) is 9.96. The molecule has 2 nitrogen and oxygen atoms in total. The van der Waals surface area contributed by atoms with Crippen molar-refractivity contribution in [1.82, 2.24) is 5.43 Å². The standard InChI is InChI=1S/C10H16N2S2/c1-10(4-2-5-14-10)9(12-11)8-3-6-13-7-8/h3,6-7,9,12H,2,4-5,11H2,1H3. The van der Waals surface area contributed by atoms with Crippen molar-refractivity contribution in [2.24, 2.45) is 5.84 Å². The summed E-state index contributed by atoms with van der Waals surface area (Å²) in [6, 6.07) is 2.46. The van der Waals surface area contributed by atoms with Crippen molar-refractivity contribution < 1.29 is 0 Å². The lowest BCUT2D eigenvalue weighted by atomic mass is 9.92. The van der Waals surface area contributed by atoms with Gasteiger partial charge in [-0.3, -0.25) is 11.3 Å². The van der Waals surface area contributed by atoms with Crippen LogP contribution in [0.4, 0.5) is 0 Å². The van der Waals surface area contributed by atoms with Gasteiger partial charge in [0.2, 0.25) is 0 Å². The number of hydrazine groups is 1. The molecule has 3 N–H and O–H groups in total. The van der Waals surface area contributed by atoms with Gasteiger partial charge in [0.25, 0.3) is 0 Å². The minimum absolute atomic E-state index is 0.274. The third-order valence-corrected chi connectivity index (χ3v) is 5.20. The number of nitrogens with one attached hydrogen (secondary N) is 1. The molecule has 4 heteroatoms. The van der Waals surface area contributed by atoms with Gasteiger partial charge in [-0.1, -0.05) is 0 Å². The van der Waals surface area contributed by atoms with Crippen LogP contribution in [-0.4, -0.2) is 10.5 Å². The van der Waals surface area contributed by atoms with E-state index in [4.69, 9.17) is 5.84 Å². The Morgan fingerprint density at radius 1 is 1.64 bits per heavy atom. The second kappa shape index (κ2) is 4.23. The average molecular weight is 228 g/mol. The highest BCUT2D eigenvalue weighted by atomic mass is 32.2. The lowest BCUT2D eigenvalue weighted by Gasteiger charge is -2.32. The van der Waals surface area contributed by atoms with Crippen LogP contribution in [0.5, 0.6) is 0 Å². The first-order chi connectivity index (χ1) is 6.76. The van der Waals surface area contributed by atoms with Gasteiger partial charge in [0.1, 0.15) is 0 Å². The topological polar surface area (TPSA) is 38.0 Å². The van der Waals surface area contributed by atoms with E-state index in [0.29, 0.717) is 6.04 Å². The third kappa shape index (κ3) is 1.84. The van der Waals surface area contributed by atoms with Gasteiger partial charge in [-0.05, 0) is 47.9 Å². The van der Waals surface area contributed by atoms with E-state index >= 15 is 0 Å². The molecule has 2 unspecified atom stereocenters. The average Bonchev–Trinajstić information content (AvgIpc) is 2.78. The van der Waals surface area contributed by atoms with Crippen LogP contribution in [-0.2, 0) is 0 Å². The van der Waals surface area contributed by atoms with Crippen molar-refractivity contribution >= 4 is 23.1 Å². The van der Waals surface area contributed by atoms with E-state index in [2.05, 4.69) is 29.2 Å². The summed E-state index contributed by atoms with van der Waals surface area (Å²) >= 11 is 3.77. The molecular weight excluding hydrogens is 212 g/mol. The Kier molecular flexibility index (Phi) is 3.17. The van der Waals surface area contributed by atoms with Crippen LogP contribution in [0.2, 0.25) is 0 Å². The predicted molar refractivity (Wildman–Crippen MR) is 64.5 cm³/mol. The van der Waals surface area contributed by atoms with Crippen LogP contribution in [0, 0.1) is 0 Å². The molecule has 0 amide bonds. The first-order valence-electron chi connectivity index (χ1n) is 4.88. The summed E-state index contributed by atoms with van der Waals surface area (Å²) < 4.78 is 0.274. The quantitative estimate of drug-likeness (QED) is 0.617. The van der Waals surface area contributed by atoms with Crippen molar-refractivity contribution in [1.29, 1.82) is 0 Å². The first kappa shape index (κ1) is 10.5. The number of hydrogen-bond acceptors (Lipinski definition) is 4. The Morgan fingerprint density at radius 2 is 2.50 bits per heavy atom. The normalized spacial score (nSPS) is 29.3. The molecule has 2 heterocycles. The molecule has 0 aliphatic carbocycles. The zero-order chi connectivity index (χ0) is 10.0. The minimum Gasteiger partial charge on any atom is -0.271 e. The van der Waals surface area contributed by atoms with E-state index in [1.807, 2.05) is 11.8 Å². The molecular formula is C10H16N2S2. The van der Waals surface area contributed by atoms with E-state index in [9.17, 15) is 0 Å². The molecule has 0 radical (unpaired) electrons. The smallest absolute Gasteiger partial charge is 0.0612 e. The molecule has 0 saturated carbocycles. The van der Waals surface area contributed by atoms with E-state index in [1.165, 1.54) is 24.2 Å². The molecule has 1 fully saturated rings. The van der Waals surface area contributed by atoms with Gasteiger partial charge in [-0.25, -0.2) is 0 Å². The fraction of sp³-hybridized carbons (Fsp3) is 0.600. The second-order valence-corrected chi connectivity index (χ2v) is 6.33. The highest BCUT2D eigenvalue weighted by molar-refractivity contribution is 8.00. The molecule has 2 atom stereocenters. The van der Waals surface area contributed by atoms with E-state index in [-0.39, 0.29) is 4.75 Å². The van der Waals surface area contributed by atoms with E-state index in [0.717, 1.165) is 0 Å². The summed E-state index contributed by atoms with van der Waals surface area (Å²) in [5.74, 6) is 6.93. The molecule has 0 aromatic carbocycles. The summed E-state index contributed by atoms with van der Waals surface area (Å²) in [7, 11) is 0. The van der Waals surface area contributed by atoms with Crippen LogP contribution in [0.25, 0.3) is 0 Å². The zero-order valence-electron chi connectivity index (χ0n) is 8.32. The summed E-state index contributed by atoms with van der Waals surface area (Å²) in [5, 5.41) is 4.30. The number of thiophene rings is 1. The molecule has 1 aliphatic heterocycles. The second-order valence-electron chi connectivity index (χ2n) is 3.92. The SMILES string of the molecule is CC1(C(NN)c2ccsc2)CCCS1. The monoisotopic (exact) mass is 228 g/mol. The summed E-state index contributed by atoms with van der Waals surface area (Å²) in [6.07, 6.45) is 2.56. The van der Waals surface area contributed by atoms with Gasteiger partial charge >= 0.3 is 0 Å². The van der Waals surface area contributed by atoms with Crippen molar-refractivity contribution in [2.45, 2.75) is 30.6 Å². The summed E-state index contributed by atoms with van der Waals surface area (Å²) in [4.78, 5) is 0. The van der Waals surface area contributed by atoms with Gasteiger partial charge in [0, 0.05) is 4.75 Å². The van der Waals surface area contributed by atoms with Crippen LogP contribution in [0.1, 0.15) is 31.4 Å². The minimum atomic E-state index is 0.274. The molecule has 1 saturated heterocycles. The molecule has 1 aromatic rings. The van der Waals surface area contributed by atoms with Gasteiger partial charge in [0.05, 0.1) is 6.04 Å². The summed E-state index contributed by atoms with van der Waals surface area (Å²) in [5.41, 5.74) is 4.30. The molecule has 2 rings (SSSR count). The largest absolute Gasteiger partial charge is 0.271 e. The highest BCUT2D eigenvalue weighted by Crippen LogP contribution is 2.46. The number of rotatable bonds is 3. The molecule has 0 bridgehead atoms. The van der Waals surface area contributed by atoms with Gasteiger partial charge < -0.3 is 0 Å². The molecule has 78 valence electrons. The maximum absolute atomic E-state index is 5.67. The number of hydrogen-bond donors (Lipinski definition) is 2. The Hall–Kier alpha value is -0.0300. The van der Waals surface area contributed by atoms with Gasteiger partial charge in [0.15, 0.2) is 0 Å². The Bertz CT molecular complexity index is 278. The maximum Gasteiger partial charge on any atom is 0.0612 e. The summed E-state index contributed by atoms with van der Waals surface area (Å²) in [6.45, 7) is 2.31. The maximum atomic E-state index is 5.67. The van der Waals surface area contributed by atoms with Crippen molar-refractivity contribution in [3.63, 3.8) is 0 Å². The Morgan fingerprint density at radius 3 is 3.00 bits per heavy atom. The lowest BCUT2D eigenvalue weighted by Crippen LogP contribution is -2.41. The van der Waals surface area contributed by atoms with Crippen LogP contribution >= 0.6 is 23.1 Å². The van der Waals surface area contributed by atoms with Crippen molar-refractivity contribution in [2.75, 3.05) is 5.75 Å². The van der Waals surface area contributed by atoms with Crippen LogP contribution < -0.4 is 11.3 Å². The Labute approximate surface area is 93.2 Å². The number of thioether (sulfide) groups is 1. The fourth-order valence-corrected chi connectivity index (χ4v) is 4.19. The Balaban J connectivity index is 2.20. The van der Waals surface area contributed by atoms with Crippen LogP contribution in [0.3, 0.4) is 0 Å². The molecule has 1 aromatic heterocycles. The molecule has 14 heavy (non-hydrogen) atoms. The first-order valence-corrected chi connectivity index (χ1v) is 6.81. The molecule has 1 aliphatic rings. The van der Waals surface area contributed by atoms with Gasteiger partial charge in [-0.2, -0.15) is 23.1 Å². The van der Waals surface area contributed by atoms with Crippen molar-refractivity contribution in [3.8, 4) is 0 Å². The van der Waals surface area contributed by atoms with E-state index < -0.39 is 0 Å². The molecule has 0 spiro atoms. The fourth-order valence-electron chi connectivity index (χ4n) is 2.09. The third-order valence-electron chi connectivity index (χ3n) is 2.90. The van der Waals surface area contributed by atoms with Crippen LogP contribution in [0.15, 0.2) is 16.8 Å². The van der Waals surface area contributed by atoms with Crippen molar-refractivity contribution in [3.05, 3.63) is 22.4 Å². The number of nitrogens with two attached hydrogens (primary N) is 1. The van der Waals surface area contributed by atoms with Gasteiger partial charge in [-0.15, -0.1) is 0 Å². The van der Waals surface area contributed by atoms with E-state index in [1.54, 1.807) is 11.3 Å².